The fraction of sp³-hybridized carbons (Fsp3) is 0.333. The third-order valence-corrected chi connectivity index (χ3v) is 4.34. The molecule has 0 saturated carbocycles. The molecule has 20 heavy (non-hydrogen) atoms. The van der Waals surface area contributed by atoms with E-state index in [4.69, 9.17) is 0 Å². The molecule has 0 radical (unpaired) electrons. The van der Waals surface area contributed by atoms with Gasteiger partial charge in [-0.25, -0.2) is 0 Å². The number of phenolic OH excluding ortho intramolecular Hbond substituents is 1. The van der Waals surface area contributed by atoms with Gasteiger partial charge >= 0.3 is 0 Å². The van der Waals surface area contributed by atoms with Crippen molar-refractivity contribution in [3.63, 3.8) is 0 Å². The van der Waals surface area contributed by atoms with Gasteiger partial charge in [-0.2, -0.15) is 0 Å². The summed E-state index contributed by atoms with van der Waals surface area (Å²) in [6.45, 7) is 6.19. The Labute approximate surface area is 120 Å². The summed E-state index contributed by atoms with van der Waals surface area (Å²) in [4.78, 5) is 2.44. The maximum absolute atomic E-state index is 10.2. The van der Waals surface area contributed by atoms with Gasteiger partial charge in [0.2, 0.25) is 0 Å². The third kappa shape index (κ3) is 2.44. The van der Waals surface area contributed by atoms with E-state index in [0.717, 1.165) is 30.6 Å². The van der Waals surface area contributed by atoms with E-state index >= 15 is 0 Å². The molecule has 1 atom stereocenters. The molecule has 2 nitrogen and oxygen atoms in total. The standard InChI is InChI=1S/C18H21NO/c1-13-7-8-17(18(20)11-13)14(2)19-10-9-15-5-3-4-6-16(15)12-19/h3-8,11,14,20H,9-10,12H2,1-2H3. The zero-order chi connectivity index (χ0) is 14.1. The van der Waals surface area contributed by atoms with E-state index in [-0.39, 0.29) is 6.04 Å². The molecule has 104 valence electrons. The minimum absolute atomic E-state index is 0.240. The highest BCUT2D eigenvalue weighted by Gasteiger charge is 2.23. The van der Waals surface area contributed by atoms with Crippen LogP contribution in [0.4, 0.5) is 0 Å². The van der Waals surface area contributed by atoms with Gasteiger partial charge in [0.05, 0.1) is 0 Å². The average molecular weight is 267 g/mol. The molecule has 1 aliphatic heterocycles. The fourth-order valence-electron chi connectivity index (χ4n) is 3.05. The Balaban J connectivity index is 1.84. The maximum Gasteiger partial charge on any atom is 0.120 e. The molecule has 3 rings (SSSR count). The summed E-state index contributed by atoms with van der Waals surface area (Å²) in [5, 5.41) is 10.2. The Morgan fingerprint density at radius 2 is 1.85 bits per heavy atom. The van der Waals surface area contributed by atoms with E-state index in [0.29, 0.717) is 5.75 Å². The molecule has 1 N–H and O–H groups in total. The lowest BCUT2D eigenvalue weighted by molar-refractivity contribution is 0.189. The van der Waals surface area contributed by atoms with Crippen molar-refractivity contribution in [2.75, 3.05) is 6.54 Å². The van der Waals surface area contributed by atoms with Crippen LogP contribution in [0.2, 0.25) is 0 Å². The number of benzene rings is 2. The van der Waals surface area contributed by atoms with Crippen LogP contribution < -0.4 is 0 Å². The summed E-state index contributed by atoms with van der Waals surface area (Å²) in [5.74, 6) is 0.413. The number of aromatic hydroxyl groups is 1. The molecule has 0 fully saturated rings. The summed E-state index contributed by atoms with van der Waals surface area (Å²) in [6.07, 6.45) is 1.09. The molecule has 1 aliphatic rings. The molecule has 0 amide bonds. The third-order valence-electron chi connectivity index (χ3n) is 4.34. The zero-order valence-corrected chi connectivity index (χ0v) is 12.1. The number of rotatable bonds is 2. The lowest BCUT2D eigenvalue weighted by Crippen LogP contribution is -2.32. The first-order valence-electron chi connectivity index (χ1n) is 7.25. The minimum Gasteiger partial charge on any atom is -0.508 e. The second-order valence-electron chi connectivity index (χ2n) is 5.73. The SMILES string of the molecule is Cc1ccc(C(C)N2CCc3ccccc3C2)c(O)c1. The highest BCUT2D eigenvalue weighted by molar-refractivity contribution is 5.38. The molecular formula is C18H21NO. The van der Waals surface area contributed by atoms with Crippen LogP contribution in [0.25, 0.3) is 0 Å². The Morgan fingerprint density at radius 1 is 1.10 bits per heavy atom. The maximum atomic E-state index is 10.2. The number of hydrogen-bond acceptors (Lipinski definition) is 2. The monoisotopic (exact) mass is 267 g/mol. The molecule has 2 heteroatoms. The van der Waals surface area contributed by atoms with Crippen LogP contribution in [-0.4, -0.2) is 16.6 Å². The summed E-state index contributed by atoms with van der Waals surface area (Å²) in [5.41, 5.74) is 5.00. The molecule has 0 aromatic heterocycles. The fourth-order valence-corrected chi connectivity index (χ4v) is 3.05. The van der Waals surface area contributed by atoms with Crippen LogP contribution in [0.3, 0.4) is 0 Å². The van der Waals surface area contributed by atoms with E-state index in [1.54, 1.807) is 0 Å². The summed E-state index contributed by atoms with van der Waals surface area (Å²) in [7, 11) is 0. The lowest BCUT2D eigenvalue weighted by atomic mass is 9.96. The van der Waals surface area contributed by atoms with Crippen molar-refractivity contribution in [2.45, 2.75) is 32.9 Å². The van der Waals surface area contributed by atoms with Crippen molar-refractivity contribution in [3.05, 3.63) is 64.7 Å². The van der Waals surface area contributed by atoms with Crippen LogP contribution in [0, 0.1) is 6.92 Å². The minimum atomic E-state index is 0.240. The first kappa shape index (κ1) is 13.2. The second-order valence-corrected chi connectivity index (χ2v) is 5.73. The van der Waals surface area contributed by atoms with E-state index < -0.39 is 0 Å². The van der Waals surface area contributed by atoms with Crippen LogP contribution in [0.1, 0.15) is 35.2 Å². The highest BCUT2D eigenvalue weighted by atomic mass is 16.3. The predicted molar refractivity (Wildman–Crippen MR) is 81.8 cm³/mol. The molecule has 0 aliphatic carbocycles. The van der Waals surface area contributed by atoms with Gasteiger partial charge in [0, 0.05) is 24.7 Å². The summed E-state index contributed by atoms with van der Waals surface area (Å²) < 4.78 is 0. The average Bonchev–Trinajstić information content (AvgIpc) is 2.46. The van der Waals surface area contributed by atoms with Crippen molar-refractivity contribution in [1.29, 1.82) is 0 Å². The van der Waals surface area contributed by atoms with Crippen LogP contribution in [0.15, 0.2) is 42.5 Å². The van der Waals surface area contributed by atoms with Gasteiger partial charge in [-0.05, 0) is 43.0 Å². The van der Waals surface area contributed by atoms with Crippen molar-refractivity contribution in [1.82, 2.24) is 4.90 Å². The van der Waals surface area contributed by atoms with Gasteiger partial charge < -0.3 is 5.11 Å². The number of phenols is 1. The predicted octanol–water partition coefficient (Wildman–Crippen LogP) is 3.82. The molecule has 1 unspecified atom stereocenters. The zero-order valence-electron chi connectivity index (χ0n) is 12.1. The van der Waals surface area contributed by atoms with Crippen LogP contribution in [0.5, 0.6) is 5.75 Å². The first-order chi connectivity index (χ1) is 9.65. The van der Waals surface area contributed by atoms with E-state index in [9.17, 15) is 5.11 Å². The quantitative estimate of drug-likeness (QED) is 0.894. The number of hydrogen-bond donors (Lipinski definition) is 1. The summed E-state index contributed by atoms with van der Waals surface area (Å²) >= 11 is 0. The van der Waals surface area contributed by atoms with E-state index in [2.05, 4.69) is 48.2 Å². The Hall–Kier alpha value is -1.80. The van der Waals surface area contributed by atoms with Crippen LogP contribution >= 0.6 is 0 Å². The Bertz CT molecular complexity index is 621. The van der Waals surface area contributed by atoms with Gasteiger partial charge in [-0.1, -0.05) is 36.4 Å². The molecular weight excluding hydrogens is 246 g/mol. The molecule has 2 aromatic carbocycles. The smallest absolute Gasteiger partial charge is 0.120 e. The normalized spacial score (nSPS) is 16.7. The number of fused-ring (bicyclic) bond motifs is 1. The largest absolute Gasteiger partial charge is 0.508 e. The van der Waals surface area contributed by atoms with Gasteiger partial charge in [0.15, 0.2) is 0 Å². The topological polar surface area (TPSA) is 23.5 Å². The van der Waals surface area contributed by atoms with E-state index in [1.807, 2.05) is 13.0 Å². The molecule has 2 aromatic rings. The Morgan fingerprint density at radius 3 is 2.60 bits per heavy atom. The lowest BCUT2D eigenvalue weighted by Gasteiger charge is -2.34. The molecule has 0 bridgehead atoms. The van der Waals surface area contributed by atoms with Gasteiger partial charge in [0.1, 0.15) is 5.75 Å². The van der Waals surface area contributed by atoms with Gasteiger partial charge in [-0.3, -0.25) is 4.90 Å². The van der Waals surface area contributed by atoms with Gasteiger partial charge in [-0.15, -0.1) is 0 Å². The van der Waals surface area contributed by atoms with Crippen LogP contribution in [-0.2, 0) is 13.0 Å². The molecule has 1 heterocycles. The molecule has 0 saturated heterocycles. The highest BCUT2D eigenvalue weighted by Crippen LogP contribution is 2.32. The van der Waals surface area contributed by atoms with Crippen molar-refractivity contribution in [2.24, 2.45) is 0 Å². The Kier molecular flexibility index (Phi) is 3.49. The van der Waals surface area contributed by atoms with Crippen molar-refractivity contribution < 1.29 is 5.11 Å². The van der Waals surface area contributed by atoms with E-state index in [1.165, 1.54) is 11.1 Å². The van der Waals surface area contributed by atoms with Crippen molar-refractivity contribution >= 4 is 0 Å². The summed E-state index contributed by atoms with van der Waals surface area (Å²) in [6, 6.07) is 14.9. The van der Waals surface area contributed by atoms with Crippen molar-refractivity contribution in [3.8, 4) is 5.75 Å². The second kappa shape index (κ2) is 5.29. The first-order valence-corrected chi connectivity index (χ1v) is 7.25. The number of nitrogens with zero attached hydrogens (tertiary/aromatic N) is 1. The number of aryl methyl sites for hydroxylation is 1. The molecule has 0 spiro atoms. The van der Waals surface area contributed by atoms with Gasteiger partial charge in [0.25, 0.3) is 0 Å².